The van der Waals surface area contributed by atoms with Crippen LogP contribution in [0.4, 0.5) is 0 Å². The minimum absolute atomic E-state index is 0.287. The molecule has 0 radical (unpaired) electrons. The van der Waals surface area contributed by atoms with Crippen molar-refractivity contribution >= 4 is 11.9 Å². The van der Waals surface area contributed by atoms with E-state index >= 15 is 0 Å². The number of aromatic nitrogens is 2. The number of carbonyl (C=O) groups is 2. The summed E-state index contributed by atoms with van der Waals surface area (Å²) in [4.78, 5) is 47.7. The van der Waals surface area contributed by atoms with E-state index in [4.69, 9.17) is 5.11 Å². The number of ether oxygens (including phenoxy) is 1. The lowest BCUT2D eigenvalue weighted by atomic mass is 10.2. The Hall–Kier alpha value is -2.42. The first-order valence-corrected chi connectivity index (χ1v) is 6.22. The third kappa shape index (κ3) is 4.56. The van der Waals surface area contributed by atoms with Gasteiger partial charge in [0, 0.05) is 18.9 Å². The number of carboxylic acids is 1. The second-order valence-electron chi connectivity index (χ2n) is 4.31. The van der Waals surface area contributed by atoms with Gasteiger partial charge in [-0.3, -0.25) is 19.1 Å². The molecule has 1 aromatic rings. The summed E-state index contributed by atoms with van der Waals surface area (Å²) in [6.07, 6.45) is 1.68. The molecule has 1 aromatic heterocycles. The topological polar surface area (TPSA) is 130 Å². The van der Waals surface area contributed by atoms with Gasteiger partial charge in [-0.15, -0.1) is 0 Å². The molecule has 0 unspecified atom stereocenters. The van der Waals surface area contributed by atoms with Crippen molar-refractivity contribution in [3.8, 4) is 0 Å². The molecular formula is C12H17N3O6. The molecule has 0 aliphatic carbocycles. The van der Waals surface area contributed by atoms with E-state index in [-0.39, 0.29) is 13.2 Å². The van der Waals surface area contributed by atoms with Crippen molar-refractivity contribution < 1.29 is 19.4 Å². The summed E-state index contributed by atoms with van der Waals surface area (Å²) >= 11 is 0. The largest absolute Gasteiger partial charge is 0.480 e. The van der Waals surface area contributed by atoms with Crippen LogP contribution in [0.15, 0.2) is 15.8 Å². The summed E-state index contributed by atoms with van der Waals surface area (Å²) in [6.45, 7) is 1.15. The fraction of sp³-hybridized carbons (Fsp3) is 0.500. The van der Waals surface area contributed by atoms with Gasteiger partial charge in [0.25, 0.3) is 5.56 Å². The van der Waals surface area contributed by atoms with Crippen molar-refractivity contribution in [1.82, 2.24) is 14.9 Å². The minimum atomic E-state index is -1.30. The van der Waals surface area contributed by atoms with E-state index in [0.29, 0.717) is 12.0 Å². The number of aromatic amines is 1. The van der Waals surface area contributed by atoms with Crippen molar-refractivity contribution in [3.63, 3.8) is 0 Å². The summed E-state index contributed by atoms with van der Waals surface area (Å²) in [6, 6.07) is -1.30. The number of carbonyl (C=O) groups excluding carboxylic acids is 1. The maximum Gasteiger partial charge on any atom is 0.328 e. The summed E-state index contributed by atoms with van der Waals surface area (Å²) in [5.41, 5.74) is -0.888. The van der Waals surface area contributed by atoms with Gasteiger partial charge in [0.15, 0.2) is 0 Å². The van der Waals surface area contributed by atoms with Crippen LogP contribution in [0, 0.1) is 0 Å². The van der Waals surface area contributed by atoms with Gasteiger partial charge < -0.3 is 15.2 Å². The normalized spacial score (nSPS) is 11.9. The second kappa shape index (κ2) is 7.39. The first kappa shape index (κ1) is 16.6. The van der Waals surface area contributed by atoms with E-state index in [2.05, 4.69) is 15.0 Å². The molecule has 0 spiro atoms. The molecular weight excluding hydrogens is 282 g/mol. The monoisotopic (exact) mass is 299 g/mol. The van der Waals surface area contributed by atoms with Crippen LogP contribution < -0.4 is 16.6 Å². The summed E-state index contributed by atoms with van der Waals surface area (Å²) in [5, 5.41) is 11.3. The molecule has 9 nitrogen and oxygen atoms in total. The lowest BCUT2D eigenvalue weighted by Gasteiger charge is -2.16. The van der Waals surface area contributed by atoms with E-state index in [0.717, 1.165) is 4.57 Å². The Morgan fingerprint density at radius 1 is 1.48 bits per heavy atom. The molecule has 0 aliphatic heterocycles. The molecule has 0 saturated heterocycles. The molecule has 1 heterocycles. The Balaban J connectivity index is 2.99. The number of aryl methyl sites for hydroxylation is 1. The molecule has 1 rings (SSSR count). The zero-order valence-corrected chi connectivity index (χ0v) is 11.7. The first-order valence-electron chi connectivity index (χ1n) is 6.22. The smallest absolute Gasteiger partial charge is 0.328 e. The Kier molecular flexibility index (Phi) is 5.85. The number of aliphatic carboxylic acids is 1. The molecule has 9 heteroatoms. The lowest BCUT2D eigenvalue weighted by Crippen LogP contribution is -2.47. The maximum absolute atomic E-state index is 11.7. The van der Waals surface area contributed by atoms with Crippen LogP contribution >= 0.6 is 0 Å². The highest BCUT2D eigenvalue weighted by Gasteiger charge is 2.21. The molecule has 21 heavy (non-hydrogen) atoms. The molecule has 0 aromatic carbocycles. The van der Waals surface area contributed by atoms with Gasteiger partial charge in [0.1, 0.15) is 12.6 Å². The summed E-state index contributed by atoms with van der Waals surface area (Å²) in [5.74, 6) is -1.91. The van der Waals surface area contributed by atoms with Crippen LogP contribution in [0.25, 0.3) is 0 Å². The van der Waals surface area contributed by atoms with Crippen molar-refractivity contribution in [2.75, 3.05) is 13.7 Å². The minimum Gasteiger partial charge on any atom is -0.480 e. The average Bonchev–Trinajstić information content (AvgIpc) is 2.40. The highest BCUT2D eigenvalue weighted by Crippen LogP contribution is 1.94. The van der Waals surface area contributed by atoms with E-state index in [9.17, 15) is 19.2 Å². The van der Waals surface area contributed by atoms with E-state index < -0.39 is 29.2 Å². The average molecular weight is 299 g/mol. The van der Waals surface area contributed by atoms with Crippen LogP contribution in [-0.2, 0) is 27.3 Å². The zero-order chi connectivity index (χ0) is 16.0. The Bertz CT molecular complexity index is 633. The van der Waals surface area contributed by atoms with Crippen molar-refractivity contribution in [3.05, 3.63) is 32.6 Å². The fourth-order valence-corrected chi connectivity index (χ4v) is 1.69. The summed E-state index contributed by atoms with van der Waals surface area (Å²) < 4.78 is 5.64. The van der Waals surface area contributed by atoms with Crippen molar-refractivity contribution in [2.24, 2.45) is 0 Å². The number of nitrogens with zero attached hydrogens (tertiary/aromatic N) is 1. The third-order valence-corrected chi connectivity index (χ3v) is 2.75. The van der Waals surface area contributed by atoms with Gasteiger partial charge in [0.05, 0.1) is 6.54 Å². The summed E-state index contributed by atoms with van der Waals surface area (Å²) in [7, 11) is 1.30. The first-order chi connectivity index (χ1) is 9.88. The molecule has 0 aliphatic rings. The molecule has 0 fully saturated rings. The number of rotatable bonds is 7. The van der Waals surface area contributed by atoms with Crippen molar-refractivity contribution in [2.45, 2.75) is 25.9 Å². The highest BCUT2D eigenvalue weighted by molar-refractivity contribution is 5.84. The van der Waals surface area contributed by atoms with Crippen molar-refractivity contribution in [1.29, 1.82) is 0 Å². The Morgan fingerprint density at radius 2 is 2.14 bits per heavy atom. The molecule has 0 saturated carbocycles. The van der Waals surface area contributed by atoms with Gasteiger partial charge in [-0.25, -0.2) is 9.59 Å². The number of hydrogen-bond acceptors (Lipinski definition) is 5. The van der Waals surface area contributed by atoms with Crippen LogP contribution in [-0.4, -0.2) is 46.3 Å². The van der Waals surface area contributed by atoms with Gasteiger partial charge in [-0.2, -0.15) is 0 Å². The number of amides is 1. The molecule has 0 bridgehead atoms. The molecule has 3 N–H and O–H groups in total. The maximum atomic E-state index is 11.7. The van der Waals surface area contributed by atoms with Gasteiger partial charge in [-0.1, -0.05) is 6.92 Å². The Labute approximate surface area is 119 Å². The van der Waals surface area contributed by atoms with Gasteiger partial charge in [0.2, 0.25) is 5.91 Å². The Morgan fingerprint density at radius 3 is 2.67 bits per heavy atom. The number of carboxylic acid groups (broad SMARTS) is 1. The fourth-order valence-electron chi connectivity index (χ4n) is 1.69. The van der Waals surface area contributed by atoms with Gasteiger partial charge >= 0.3 is 11.7 Å². The predicted octanol–water partition coefficient (Wildman–Crippen LogP) is -1.69. The number of methoxy groups -OCH3 is 1. The van der Waals surface area contributed by atoms with E-state index in [1.54, 1.807) is 6.92 Å². The SMILES string of the molecule is CCc1cn(C[C@H](NC(=O)COC)C(=O)O)c(=O)[nH]c1=O. The molecule has 1 atom stereocenters. The number of nitrogens with one attached hydrogen (secondary N) is 2. The standard InChI is InChI=1S/C12H17N3O6/c1-3-7-4-15(12(20)14-10(7)17)5-8(11(18)19)13-9(16)6-21-2/h4,8H,3,5-6H2,1-2H3,(H,13,16)(H,18,19)(H,14,17,20)/t8-/m0/s1. The van der Waals surface area contributed by atoms with Crippen LogP contribution in [0.1, 0.15) is 12.5 Å². The van der Waals surface area contributed by atoms with E-state index in [1.807, 2.05) is 0 Å². The van der Waals surface area contributed by atoms with Crippen LogP contribution in [0.3, 0.4) is 0 Å². The third-order valence-electron chi connectivity index (χ3n) is 2.75. The zero-order valence-electron chi connectivity index (χ0n) is 11.7. The van der Waals surface area contributed by atoms with Gasteiger partial charge in [-0.05, 0) is 6.42 Å². The quantitative estimate of drug-likeness (QED) is 0.551. The molecule has 1 amide bonds. The number of hydrogen-bond donors (Lipinski definition) is 3. The van der Waals surface area contributed by atoms with Crippen LogP contribution in [0.5, 0.6) is 0 Å². The lowest BCUT2D eigenvalue weighted by molar-refractivity contribution is -0.142. The van der Waals surface area contributed by atoms with E-state index in [1.165, 1.54) is 13.3 Å². The highest BCUT2D eigenvalue weighted by atomic mass is 16.5. The number of H-pyrrole nitrogens is 1. The van der Waals surface area contributed by atoms with Crippen LogP contribution in [0.2, 0.25) is 0 Å². The predicted molar refractivity (Wildman–Crippen MR) is 72.1 cm³/mol. The second-order valence-corrected chi connectivity index (χ2v) is 4.31. The molecule has 116 valence electrons.